The molecule has 0 saturated heterocycles. The van der Waals surface area contributed by atoms with Crippen molar-refractivity contribution in [2.45, 2.75) is 38.1 Å². The molecule has 1 aliphatic rings. The quantitative estimate of drug-likeness (QED) is 0.812. The Bertz CT molecular complexity index is 516. The summed E-state index contributed by atoms with van der Waals surface area (Å²) >= 11 is 0. The van der Waals surface area contributed by atoms with Gasteiger partial charge in [0.05, 0.1) is 0 Å². The molecule has 122 valence electrons. The van der Waals surface area contributed by atoms with Crippen molar-refractivity contribution in [1.29, 1.82) is 0 Å². The van der Waals surface area contributed by atoms with Crippen molar-refractivity contribution in [1.82, 2.24) is 5.32 Å². The topological polar surface area (TPSA) is 64.3 Å². The summed E-state index contributed by atoms with van der Waals surface area (Å²) in [6.45, 7) is 0.407. The van der Waals surface area contributed by atoms with Crippen LogP contribution in [0.3, 0.4) is 0 Å². The third-order valence-corrected chi connectivity index (χ3v) is 3.58. The Balaban J connectivity index is 1.81. The summed E-state index contributed by atoms with van der Waals surface area (Å²) in [6.07, 6.45) is -2.28. The first-order chi connectivity index (χ1) is 10.3. The lowest BCUT2D eigenvalue weighted by Crippen LogP contribution is -2.38. The fourth-order valence-corrected chi connectivity index (χ4v) is 2.19. The normalized spacial score (nSPS) is 16.2. The highest BCUT2D eigenvalue weighted by Gasteiger charge is 2.32. The lowest BCUT2D eigenvalue weighted by atomic mass is 10.1. The van der Waals surface area contributed by atoms with Crippen molar-refractivity contribution in [3.05, 3.63) is 29.8 Å². The maximum absolute atomic E-state index is 12.3. The van der Waals surface area contributed by atoms with Gasteiger partial charge in [0.2, 0.25) is 5.91 Å². The van der Waals surface area contributed by atoms with Crippen LogP contribution in [0.2, 0.25) is 0 Å². The number of benzene rings is 1. The zero-order valence-electron chi connectivity index (χ0n) is 12.0. The SMILES string of the molecule is NC(CNC(=O)CCc1ccccc1OC(F)(F)F)C1CC1. The van der Waals surface area contributed by atoms with Crippen LogP contribution in [-0.2, 0) is 11.2 Å². The molecule has 0 aliphatic heterocycles. The second kappa shape index (κ2) is 7.00. The van der Waals surface area contributed by atoms with Gasteiger partial charge < -0.3 is 15.8 Å². The van der Waals surface area contributed by atoms with Crippen LogP contribution in [0.1, 0.15) is 24.8 Å². The van der Waals surface area contributed by atoms with E-state index in [0.29, 0.717) is 18.0 Å². The molecule has 0 bridgehead atoms. The van der Waals surface area contributed by atoms with Gasteiger partial charge in [-0.15, -0.1) is 13.2 Å². The lowest BCUT2D eigenvalue weighted by Gasteiger charge is -2.14. The van der Waals surface area contributed by atoms with Crippen molar-refractivity contribution < 1.29 is 22.7 Å². The molecule has 0 spiro atoms. The van der Waals surface area contributed by atoms with E-state index in [1.165, 1.54) is 18.2 Å². The van der Waals surface area contributed by atoms with Crippen LogP contribution < -0.4 is 15.8 Å². The minimum absolute atomic E-state index is 0.0372. The number of carbonyl (C=O) groups is 1. The lowest BCUT2D eigenvalue weighted by molar-refractivity contribution is -0.274. The predicted octanol–water partition coefficient (Wildman–Crippen LogP) is 2.37. The van der Waals surface area contributed by atoms with E-state index in [4.69, 9.17) is 5.73 Å². The molecule has 7 heteroatoms. The Morgan fingerprint density at radius 3 is 2.68 bits per heavy atom. The first-order valence-electron chi connectivity index (χ1n) is 7.21. The molecule has 0 aromatic heterocycles. The number of hydrogen-bond donors (Lipinski definition) is 2. The van der Waals surface area contributed by atoms with Gasteiger partial charge >= 0.3 is 6.36 Å². The molecule has 1 aliphatic carbocycles. The van der Waals surface area contributed by atoms with Gasteiger partial charge in [0, 0.05) is 19.0 Å². The molecule has 0 radical (unpaired) electrons. The molecule has 1 aromatic rings. The number of alkyl halides is 3. The van der Waals surface area contributed by atoms with E-state index in [2.05, 4.69) is 10.1 Å². The molecule has 1 amide bonds. The van der Waals surface area contributed by atoms with Gasteiger partial charge in [-0.3, -0.25) is 4.79 Å². The molecule has 4 nitrogen and oxygen atoms in total. The highest BCUT2D eigenvalue weighted by Crippen LogP contribution is 2.31. The standard InChI is InChI=1S/C15H19F3N2O2/c16-15(17,18)22-13-4-2-1-3-11(13)7-8-14(21)20-9-12(19)10-5-6-10/h1-4,10,12H,5-9,19H2,(H,20,21). The molecular weight excluding hydrogens is 297 g/mol. The Kier molecular flexibility index (Phi) is 5.28. The minimum atomic E-state index is -4.74. The molecule has 1 atom stereocenters. The summed E-state index contributed by atoms with van der Waals surface area (Å²) in [4.78, 5) is 11.7. The van der Waals surface area contributed by atoms with E-state index >= 15 is 0 Å². The molecule has 0 heterocycles. The van der Waals surface area contributed by atoms with Crippen LogP contribution >= 0.6 is 0 Å². The largest absolute Gasteiger partial charge is 0.573 e. The molecule has 2 rings (SSSR count). The number of halogens is 3. The number of hydrogen-bond acceptors (Lipinski definition) is 3. The van der Waals surface area contributed by atoms with Crippen LogP contribution in [0, 0.1) is 5.92 Å². The van der Waals surface area contributed by atoms with Crippen LogP contribution in [0.4, 0.5) is 13.2 Å². The number of nitrogens with two attached hydrogens (primary N) is 1. The zero-order chi connectivity index (χ0) is 16.2. The van der Waals surface area contributed by atoms with E-state index < -0.39 is 6.36 Å². The number of nitrogens with one attached hydrogen (secondary N) is 1. The van der Waals surface area contributed by atoms with E-state index in [-0.39, 0.29) is 30.5 Å². The first-order valence-corrected chi connectivity index (χ1v) is 7.21. The van der Waals surface area contributed by atoms with Crippen molar-refractivity contribution >= 4 is 5.91 Å². The number of carbonyl (C=O) groups excluding carboxylic acids is 1. The fraction of sp³-hybridized carbons (Fsp3) is 0.533. The summed E-state index contributed by atoms with van der Waals surface area (Å²) in [7, 11) is 0. The van der Waals surface area contributed by atoms with Crippen molar-refractivity contribution in [2.24, 2.45) is 11.7 Å². The molecule has 1 fully saturated rings. The zero-order valence-corrected chi connectivity index (χ0v) is 12.0. The van der Waals surface area contributed by atoms with E-state index in [0.717, 1.165) is 12.8 Å². The first kappa shape index (κ1) is 16.6. The molecule has 22 heavy (non-hydrogen) atoms. The van der Waals surface area contributed by atoms with Crippen LogP contribution in [0.5, 0.6) is 5.75 Å². The highest BCUT2D eigenvalue weighted by molar-refractivity contribution is 5.76. The number of amides is 1. The summed E-state index contributed by atoms with van der Waals surface area (Å²) in [5.74, 6) is -0.00314. The van der Waals surface area contributed by atoms with Gasteiger partial charge in [0.1, 0.15) is 5.75 Å². The number of ether oxygens (including phenoxy) is 1. The fourth-order valence-electron chi connectivity index (χ4n) is 2.19. The van der Waals surface area contributed by atoms with Crippen molar-refractivity contribution in [3.8, 4) is 5.75 Å². The average Bonchev–Trinajstić information content (AvgIpc) is 3.26. The summed E-state index contributed by atoms with van der Waals surface area (Å²) in [5, 5.41) is 2.71. The average molecular weight is 316 g/mol. The van der Waals surface area contributed by atoms with Gasteiger partial charge in [0.15, 0.2) is 0 Å². The number of aryl methyl sites for hydroxylation is 1. The van der Waals surface area contributed by atoms with E-state index in [9.17, 15) is 18.0 Å². The Morgan fingerprint density at radius 2 is 2.05 bits per heavy atom. The van der Waals surface area contributed by atoms with Gasteiger partial charge in [-0.1, -0.05) is 18.2 Å². The van der Waals surface area contributed by atoms with Gasteiger partial charge in [-0.05, 0) is 36.8 Å². The predicted molar refractivity (Wildman–Crippen MR) is 75.2 cm³/mol. The number of para-hydroxylation sites is 1. The van der Waals surface area contributed by atoms with Crippen LogP contribution in [0.15, 0.2) is 24.3 Å². The Labute approximate surface area is 126 Å². The maximum atomic E-state index is 12.3. The second-order valence-corrected chi connectivity index (χ2v) is 5.46. The number of rotatable bonds is 7. The third-order valence-electron chi connectivity index (χ3n) is 3.58. The summed E-state index contributed by atoms with van der Waals surface area (Å²) in [6, 6.07) is 5.79. The summed E-state index contributed by atoms with van der Waals surface area (Å²) in [5.41, 5.74) is 6.22. The Morgan fingerprint density at radius 1 is 1.36 bits per heavy atom. The van der Waals surface area contributed by atoms with Crippen molar-refractivity contribution in [2.75, 3.05) is 6.54 Å². The van der Waals surface area contributed by atoms with Gasteiger partial charge in [0.25, 0.3) is 0 Å². The molecule has 3 N–H and O–H groups in total. The van der Waals surface area contributed by atoms with Gasteiger partial charge in [-0.25, -0.2) is 0 Å². The van der Waals surface area contributed by atoms with E-state index in [1.54, 1.807) is 6.07 Å². The molecule has 1 unspecified atom stereocenters. The Hall–Kier alpha value is -1.76. The smallest absolute Gasteiger partial charge is 0.406 e. The second-order valence-electron chi connectivity index (χ2n) is 5.46. The molecule has 1 saturated carbocycles. The highest BCUT2D eigenvalue weighted by atomic mass is 19.4. The monoisotopic (exact) mass is 316 g/mol. The maximum Gasteiger partial charge on any atom is 0.573 e. The van der Waals surface area contributed by atoms with Crippen LogP contribution in [0.25, 0.3) is 0 Å². The van der Waals surface area contributed by atoms with Crippen molar-refractivity contribution in [3.63, 3.8) is 0 Å². The summed E-state index contributed by atoms with van der Waals surface area (Å²) < 4.78 is 40.8. The van der Waals surface area contributed by atoms with Crippen LogP contribution in [-0.4, -0.2) is 24.9 Å². The molecule has 1 aromatic carbocycles. The third kappa shape index (κ3) is 5.55. The minimum Gasteiger partial charge on any atom is -0.406 e. The van der Waals surface area contributed by atoms with Gasteiger partial charge in [-0.2, -0.15) is 0 Å². The molecular formula is C15H19F3N2O2. The van der Waals surface area contributed by atoms with E-state index in [1.807, 2.05) is 0 Å².